The second kappa shape index (κ2) is 10.8. The predicted octanol–water partition coefficient (Wildman–Crippen LogP) is 9.14. The first kappa shape index (κ1) is 23.3. The highest BCUT2D eigenvalue weighted by molar-refractivity contribution is 9.12. The highest BCUT2D eigenvalue weighted by atomic mass is 79.9. The summed E-state index contributed by atoms with van der Waals surface area (Å²) in [5, 5.41) is 3.70. The quantitative estimate of drug-likeness (QED) is 0.297. The molecule has 0 saturated carbocycles. The van der Waals surface area contributed by atoms with Crippen LogP contribution in [0.5, 0.6) is 0 Å². The summed E-state index contributed by atoms with van der Waals surface area (Å²) in [7, 11) is 0. The van der Waals surface area contributed by atoms with Gasteiger partial charge in [0.15, 0.2) is 0 Å². The van der Waals surface area contributed by atoms with Crippen LogP contribution >= 0.6 is 31.9 Å². The van der Waals surface area contributed by atoms with Crippen molar-refractivity contribution in [2.24, 2.45) is 0 Å². The van der Waals surface area contributed by atoms with Gasteiger partial charge in [-0.1, -0.05) is 111 Å². The van der Waals surface area contributed by atoms with Gasteiger partial charge in [0.1, 0.15) is 0 Å². The van der Waals surface area contributed by atoms with Crippen molar-refractivity contribution in [2.75, 3.05) is 0 Å². The van der Waals surface area contributed by atoms with Crippen molar-refractivity contribution >= 4 is 37.4 Å². The van der Waals surface area contributed by atoms with Gasteiger partial charge in [-0.3, -0.25) is 0 Å². The van der Waals surface area contributed by atoms with Crippen molar-refractivity contribution < 1.29 is 0 Å². The minimum Gasteiger partial charge on any atom is -0.374 e. The van der Waals surface area contributed by atoms with E-state index in [0.717, 1.165) is 20.2 Å². The third-order valence-corrected chi connectivity index (χ3v) is 6.53. The van der Waals surface area contributed by atoms with E-state index in [-0.39, 0.29) is 6.04 Å². The van der Waals surface area contributed by atoms with Gasteiger partial charge in [-0.2, -0.15) is 0 Å². The van der Waals surface area contributed by atoms with Crippen LogP contribution in [0.25, 0.3) is 16.7 Å². The molecule has 0 amide bonds. The van der Waals surface area contributed by atoms with Crippen molar-refractivity contribution in [1.29, 1.82) is 0 Å². The van der Waals surface area contributed by atoms with Crippen molar-refractivity contribution in [1.82, 2.24) is 5.32 Å². The summed E-state index contributed by atoms with van der Waals surface area (Å²) in [5.41, 5.74) is 8.29. The number of benzene rings is 3. The van der Waals surface area contributed by atoms with E-state index in [9.17, 15) is 0 Å². The van der Waals surface area contributed by atoms with Gasteiger partial charge in [-0.25, -0.2) is 0 Å². The van der Waals surface area contributed by atoms with Crippen LogP contribution in [0.4, 0.5) is 0 Å². The summed E-state index contributed by atoms with van der Waals surface area (Å²) < 4.78 is 2.06. The Morgan fingerprint density at radius 3 is 2.30 bits per heavy atom. The average Bonchev–Trinajstić information content (AvgIpc) is 2.84. The fraction of sp³-hybridized carbons (Fsp3) is 0.0667. The van der Waals surface area contributed by atoms with Crippen LogP contribution in [0.15, 0.2) is 136 Å². The second-order valence-corrected chi connectivity index (χ2v) is 9.75. The Balaban J connectivity index is 1.73. The van der Waals surface area contributed by atoms with E-state index in [1.807, 2.05) is 12.1 Å². The number of allylic oxidation sites excluding steroid dienone is 7. The first-order valence-corrected chi connectivity index (χ1v) is 12.4. The van der Waals surface area contributed by atoms with Gasteiger partial charge < -0.3 is 5.32 Å². The predicted molar refractivity (Wildman–Crippen MR) is 149 cm³/mol. The smallest absolute Gasteiger partial charge is 0.0707 e. The van der Waals surface area contributed by atoms with Gasteiger partial charge in [0, 0.05) is 14.7 Å². The molecule has 3 heteroatoms. The highest BCUT2D eigenvalue weighted by Gasteiger charge is 2.18. The monoisotopic (exact) mass is 557 g/mol. The zero-order chi connectivity index (χ0) is 23.2. The molecule has 1 aliphatic rings. The van der Waals surface area contributed by atoms with Crippen LogP contribution in [0.1, 0.15) is 24.1 Å². The van der Waals surface area contributed by atoms with Crippen molar-refractivity contribution in [3.63, 3.8) is 0 Å². The largest absolute Gasteiger partial charge is 0.374 e. The normalized spacial score (nSPS) is 16.5. The molecule has 1 N–H and O–H groups in total. The fourth-order valence-electron chi connectivity index (χ4n) is 3.85. The molecular weight excluding hydrogens is 534 g/mol. The van der Waals surface area contributed by atoms with E-state index in [1.165, 1.54) is 27.8 Å². The van der Waals surface area contributed by atoms with E-state index < -0.39 is 0 Å². The van der Waals surface area contributed by atoms with Crippen LogP contribution in [0, 0.1) is 0 Å². The number of nitrogens with one attached hydrogen (secondary N) is 1. The first-order valence-electron chi connectivity index (χ1n) is 10.8. The summed E-state index contributed by atoms with van der Waals surface area (Å²) in [6, 6.07) is 27.8. The third-order valence-electron chi connectivity index (χ3n) is 5.55. The minimum atomic E-state index is 0.0665. The molecule has 0 spiro atoms. The van der Waals surface area contributed by atoms with Crippen molar-refractivity contribution in [3.05, 3.63) is 147 Å². The lowest BCUT2D eigenvalue weighted by Gasteiger charge is -2.26. The Morgan fingerprint density at radius 2 is 1.61 bits per heavy atom. The number of rotatable bonds is 6. The van der Waals surface area contributed by atoms with Crippen LogP contribution in [-0.4, -0.2) is 0 Å². The van der Waals surface area contributed by atoms with Crippen LogP contribution in [-0.2, 0) is 0 Å². The van der Waals surface area contributed by atoms with Gasteiger partial charge in [-0.05, 0) is 76.8 Å². The van der Waals surface area contributed by atoms with E-state index in [2.05, 4.69) is 142 Å². The van der Waals surface area contributed by atoms with Gasteiger partial charge in [0.2, 0.25) is 0 Å². The Bertz CT molecular complexity index is 1260. The molecule has 0 bridgehead atoms. The SMILES string of the molecule is C=C/C=C(Br)\C=C(/C)C1=CC(c2ccc(-c3ccccc3)cc2)=CC(c2cccc(Br)c2)N1. The average molecular weight is 559 g/mol. The Labute approximate surface area is 213 Å². The molecule has 0 radical (unpaired) electrons. The summed E-state index contributed by atoms with van der Waals surface area (Å²) in [5.74, 6) is 0. The molecule has 1 atom stereocenters. The van der Waals surface area contributed by atoms with E-state index in [0.29, 0.717) is 0 Å². The molecule has 1 nitrogen and oxygen atoms in total. The summed E-state index contributed by atoms with van der Waals surface area (Å²) in [6.07, 6.45) is 10.4. The Kier molecular flexibility index (Phi) is 7.64. The molecule has 164 valence electrons. The molecule has 1 heterocycles. The van der Waals surface area contributed by atoms with Crippen molar-refractivity contribution in [3.8, 4) is 11.1 Å². The second-order valence-electron chi connectivity index (χ2n) is 7.92. The molecular formula is C30H25Br2N. The molecule has 3 aromatic carbocycles. The van der Waals surface area contributed by atoms with E-state index >= 15 is 0 Å². The molecule has 33 heavy (non-hydrogen) atoms. The lowest BCUT2D eigenvalue weighted by atomic mass is 9.92. The molecule has 0 aromatic heterocycles. The molecule has 3 aromatic rings. The maximum Gasteiger partial charge on any atom is 0.0707 e. The number of hydrogen-bond donors (Lipinski definition) is 1. The van der Waals surface area contributed by atoms with Gasteiger partial charge in [0.25, 0.3) is 0 Å². The van der Waals surface area contributed by atoms with Crippen LogP contribution in [0.2, 0.25) is 0 Å². The van der Waals surface area contributed by atoms with Crippen LogP contribution in [0.3, 0.4) is 0 Å². The summed E-state index contributed by atoms with van der Waals surface area (Å²) >= 11 is 7.22. The lowest BCUT2D eigenvalue weighted by Crippen LogP contribution is -2.23. The van der Waals surface area contributed by atoms with Gasteiger partial charge in [0.05, 0.1) is 6.04 Å². The summed E-state index contributed by atoms with van der Waals surface area (Å²) in [4.78, 5) is 0. The standard InChI is InChI=1S/C30H25Br2N/c1-3-8-27(31)17-21(2)29-19-26(20-30(33-29)25-11-7-12-28(32)18-25)24-15-13-23(14-16-24)22-9-5-4-6-10-22/h3-20,30,33H,1H2,2H3/b21-17+,27-8+. The van der Waals surface area contributed by atoms with Crippen LogP contribution < -0.4 is 5.32 Å². The highest BCUT2D eigenvalue weighted by Crippen LogP contribution is 2.33. The Morgan fingerprint density at radius 1 is 0.909 bits per heavy atom. The number of hydrogen-bond acceptors (Lipinski definition) is 1. The molecule has 4 rings (SSSR count). The third kappa shape index (κ3) is 5.93. The molecule has 0 aliphatic carbocycles. The molecule has 0 saturated heterocycles. The number of halogens is 2. The van der Waals surface area contributed by atoms with E-state index in [4.69, 9.17) is 0 Å². The van der Waals surface area contributed by atoms with Gasteiger partial charge in [-0.15, -0.1) is 0 Å². The minimum absolute atomic E-state index is 0.0665. The molecule has 1 unspecified atom stereocenters. The number of dihydropyridines is 1. The zero-order valence-electron chi connectivity index (χ0n) is 18.4. The topological polar surface area (TPSA) is 12.0 Å². The fourth-order valence-corrected chi connectivity index (χ4v) is 4.80. The Hall–Kier alpha value is -2.88. The molecule has 0 fully saturated rings. The molecule has 1 aliphatic heterocycles. The van der Waals surface area contributed by atoms with E-state index in [1.54, 1.807) is 6.08 Å². The van der Waals surface area contributed by atoms with Gasteiger partial charge >= 0.3 is 0 Å². The van der Waals surface area contributed by atoms with Crippen molar-refractivity contribution in [2.45, 2.75) is 13.0 Å². The zero-order valence-corrected chi connectivity index (χ0v) is 21.6. The summed E-state index contributed by atoms with van der Waals surface area (Å²) in [6.45, 7) is 5.90. The maximum absolute atomic E-state index is 3.78. The lowest BCUT2D eigenvalue weighted by molar-refractivity contribution is 0.713. The maximum atomic E-state index is 3.78. The first-order chi connectivity index (χ1) is 16.0.